The number of nitrogens with one attached hydrogen (secondary N) is 2. The number of halogens is 3. The van der Waals surface area contributed by atoms with E-state index in [9.17, 15) is 9.59 Å². The van der Waals surface area contributed by atoms with Gasteiger partial charge in [0.15, 0.2) is 0 Å². The molecule has 0 radical (unpaired) electrons. The molecule has 0 spiro atoms. The van der Waals surface area contributed by atoms with Crippen LogP contribution in [0.3, 0.4) is 0 Å². The number of hydrogen-bond donors (Lipinski definition) is 2. The molecule has 2 N–H and O–H groups in total. The molecule has 34 heavy (non-hydrogen) atoms. The van der Waals surface area contributed by atoms with E-state index >= 15 is 0 Å². The van der Waals surface area contributed by atoms with Crippen molar-refractivity contribution in [3.63, 3.8) is 0 Å². The Morgan fingerprint density at radius 3 is 2.47 bits per heavy atom. The summed E-state index contributed by atoms with van der Waals surface area (Å²) in [6.07, 6.45) is 1.33. The maximum Gasteiger partial charge on any atom is 0.329 e. The third kappa shape index (κ3) is 7.12. The average molecular weight is 521 g/mol. The molecule has 0 unspecified atom stereocenters. The molecule has 0 aliphatic heterocycles. The number of hydrazone groups is 1. The van der Waals surface area contributed by atoms with Crippen molar-refractivity contribution in [3.8, 4) is 11.5 Å². The van der Waals surface area contributed by atoms with Crippen LogP contribution in [0.1, 0.15) is 18.1 Å². The Morgan fingerprint density at radius 2 is 1.71 bits per heavy atom. The van der Waals surface area contributed by atoms with Crippen molar-refractivity contribution in [2.75, 3.05) is 11.9 Å². The lowest BCUT2D eigenvalue weighted by atomic mass is 10.2. The standard InChI is InChI=1S/C24H20Cl3N3O4/c1-2-33-22-6-4-3-5-20(22)29-23(31)24(32)30-28-13-16-12-17(25)8-10-21(16)34-14-15-7-9-18(26)19(27)11-15/h3-13H,2,14H2,1H3,(H,29,31)(H,30,32)/b28-13-. The van der Waals surface area contributed by atoms with E-state index in [4.69, 9.17) is 44.3 Å². The monoisotopic (exact) mass is 519 g/mol. The highest BCUT2D eigenvalue weighted by Crippen LogP contribution is 2.26. The number of amides is 2. The number of rotatable bonds is 8. The minimum atomic E-state index is -0.956. The normalized spacial score (nSPS) is 10.7. The quantitative estimate of drug-likeness (QED) is 0.226. The number of anilines is 1. The van der Waals surface area contributed by atoms with Gasteiger partial charge in [-0.25, -0.2) is 5.43 Å². The van der Waals surface area contributed by atoms with E-state index in [1.165, 1.54) is 6.21 Å². The molecule has 0 aliphatic carbocycles. The number of benzene rings is 3. The molecular formula is C24H20Cl3N3O4. The van der Waals surface area contributed by atoms with Gasteiger partial charge >= 0.3 is 11.8 Å². The molecule has 0 heterocycles. The fraction of sp³-hybridized carbons (Fsp3) is 0.125. The summed E-state index contributed by atoms with van der Waals surface area (Å²) < 4.78 is 11.3. The second-order valence-electron chi connectivity index (χ2n) is 6.80. The molecule has 0 aliphatic rings. The second-order valence-corrected chi connectivity index (χ2v) is 8.05. The first kappa shape index (κ1) is 25.4. The van der Waals surface area contributed by atoms with Gasteiger partial charge in [-0.15, -0.1) is 0 Å². The van der Waals surface area contributed by atoms with Gasteiger partial charge in [-0.05, 0) is 55.0 Å². The summed E-state index contributed by atoms with van der Waals surface area (Å²) in [6.45, 7) is 2.45. The van der Waals surface area contributed by atoms with Crippen LogP contribution in [-0.4, -0.2) is 24.6 Å². The largest absolute Gasteiger partial charge is 0.492 e. The van der Waals surface area contributed by atoms with Crippen LogP contribution in [0.15, 0.2) is 65.8 Å². The molecule has 0 saturated heterocycles. The average Bonchev–Trinajstić information content (AvgIpc) is 2.82. The highest BCUT2D eigenvalue weighted by atomic mass is 35.5. The van der Waals surface area contributed by atoms with Gasteiger partial charge in [0.05, 0.1) is 28.6 Å². The lowest BCUT2D eigenvalue weighted by Gasteiger charge is -2.11. The number of nitrogens with zero attached hydrogens (tertiary/aromatic N) is 1. The predicted molar refractivity (Wildman–Crippen MR) is 134 cm³/mol. The Morgan fingerprint density at radius 1 is 0.912 bits per heavy atom. The Balaban J connectivity index is 1.63. The van der Waals surface area contributed by atoms with E-state index in [-0.39, 0.29) is 6.61 Å². The molecule has 7 nitrogen and oxygen atoms in total. The SMILES string of the molecule is CCOc1ccccc1NC(=O)C(=O)N/N=C\c1cc(Cl)ccc1OCc1ccc(Cl)c(Cl)c1. The molecule has 0 fully saturated rings. The molecule has 0 atom stereocenters. The molecular weight excluding hydrogens is 501 g/mol. The summed E-state index contributed by atoms with van der Waals surface area (Å²) in [5.41, 5.74) is 3.87. The third-order valence-corrected chi connectivity index (χ3v) is 5.34. The van der Waals surface area contributed by atoms with Gasteiger partial charge in [0.25, 0.3) is 0 Å². The van der Waals surface area contributed by atoms with Gasteiger partial charge in [0, 0.05) is 10.6 Å². The summed E-state index contributed by atoms with van der Waals surface area (Å²) >= 11 is 18.1. The zero-order chi connectivity index (χ0) is 24.5. The van der Waals surface area contributed by atoms with Crippen LogP contribution >= 0.6 is 34.8 Å². The first-order valence-corrected chi connectivity index (χ1v) is 11.2. The molecule has 3 aromatic rings. The molecule has 0 bridgehead atoms. The van der Waals surface area contributed by atoms with E-state index in [2.05, 4.69) is 15.8 Å². The van der Waals surface area contributed by atoms with E-state index in [0.29, 0.717) is 44.4 Å². The molecule has 0 saturated carbocycles. The lowest BCUT2D eigenvalue weighted by molar-refractivity contribution is -0.136. The third-order valence-electron chi connectivity index (χ3n) is 4.36. The summed E-state index contributed by atoms with van der Waals surface area (Å²) in [5, 5.41) is 7.66. The predicted octanol–water partition coefficient (Wildman–Crippen LogP) is 5.71. The van der Waals surface area contributed by atoms with Gasteiger partial charge in [0.1, 0.15) is 18.1 Å². The fourth-order valence-corrected chi connectivity index (χ4v) is 3.28. The molecule has 2 amide bonds. The van der Waals surface area contributed by atoms with E-state index in [1.54, 1.807) is 60.7 Å². The van der Waals surface area contributed by atoms with Gasteiger partial charge in [-0.3, -0.25) is 9.59 Å². The minimum absolute atomic E-state index is 0.216. The second kappa shape index (κ2) is 12.3. The Labute approximate surface area is 211 Å². The Hall–Kier alpha value is -3.26. The topological polar surface area (TPSA) is 89.0 Å². The van der Waals surface area contributed by atoms with Crippen LogP contribution < -0.4 is 20.2 Å². The van der Waals surface area contributed by atoms with Crippen molar-refractivity contribution in [3.05, 3.63) is 86.9 Å². The van der Waals surface area contributed by atoms with E-state index < -0.39 is 11.8 Å². The zero-order valence-electron chi connectivity index (χ0n) is 18.0. The van der Waals surface area contributed by atoms with Crippen LogP contribution in [0, 0.1) is 0 Å². The highest BCUT2D eigenvalue weighted by molar-refractivity contribution is 6.42. The number of ether oxygens (including phenoxy) is 2. The lowest BCUT2D eigenvalue weighted by Crippen LogP contribution is -2.32. The molecule has 3 rings (SSSR count). The maximum atomic E-state index is 12.2. The minimum Gasteiger partial charge on any atom is -0.492 e. The van der Waals surface area contributed by atoms with Crippen LogP contribution in [0.5, 0.6) is 11.5 Å². The smallest absolute Gasteiger partial charge is 0.329 e. The Bertz CT molecular complexity index is 1220. The van der Waals surface area contributed by atoms with Crippen molar-refractivity contribution < 1.29 is 19.1 Å². The van der Waals surface area contributed by atoms with Crippen molar-refractivity contribution in [2.24, 2.45) is 5.10 Å². The summed E-state index contributed by atoms with van der Waals surface area (Å²) in [7, 11) is 0. The number of hydrogen-bond acceptors (Lipinski definition) is 5. The van der Waals surface area contributed by atoms with Gasteiger partial charge in [-0.2, -0.15) is 5.10 Å². The summed E-state index contributed by atoms with van der Waals surface area (Å²) in [6, 6.07) is 16.9. The molecule has 10 heteroatoms. The zero-order valence-corrected chi connectivity index (χ0v) is 20.2. The van der Waals surface area contributed by atoms with Gasteiger partial charge in [-0.1, -0.05) is 53.0 Å². The number of carbonyl (C=O) groups is 2. The van der Waals surface area contributed by atoms with Crippen molar-refractivity contribution >= 4 is 58.5 Å². The van der Waals surface area contributed by atoms with Crippen LogP contribution in [-0.2, 0) is 16.2 Å². The van der Waals surface area contributed by atoms with Gasteiger partial charge in [0.2, 0.25) is 0 Å². The maximum absolute atomic E-state index is 12.2. The van der Waals surface area contributed by atoms with E-state index in [0.717, 1.165) is 5.56 Å². The molecule has 176 valence electrons. The van der Waals surface area contributed by atoms with Crippen LogP contribution in [0.25, 0.3) is 0 Å². The summed E-state index contributed by atoms with van der Waals surface area (Å²) in [4.78, 5) is 24.4. The highest BCUT2D eigenvalue weighted by Gasteiger charge is 2.15. The summed E-state index contributed by atoms with van der Waals surface area (Å²) in [5.74, 6) is -0.935. The van der Waals surface area contributed by atoms with Crippen molar-refractivity contribution in [2.45, 2.75) is 13.5 Å². The van der Waals surface area contributed by atoms with E-state index in [1.807, 2.05) is 6.92 Å². The molecule has 0 aromatic heterocycles. The van der Waals surface area contributed by atoms with Crippen molar-refractivity contribution in [1.82, 2.24) is 5.43 Å². The fourth-order valence-electron chi connectivity index (χ4n) is 2.78. The van der Waals surface area contributed by atoms with Crippen molar-refractivity contribution in [1.29, 1.82) is 0 Å². The number of para-hydroxylation sites is 2. The first-order valence-electron chi connectivity index (χ1n) is 10.1. The first-order chi connectivity index (χ1) is 16.4. The molecule has 3 aromatic carbocycles. The van der Waals surface area contributed by atoms with Crippen LogP contribution in [0.2, 0.25) is 15.1 Å². The number of carbonyl (C=O) groups excluding carboxylic acids is 2. The van der Waals surface area contributed by atoms with Gasteiger partial charge < -0.3 is 14.8 Å². The van der Waals surface area contributed by atoms with Crippen LogP contribution in [0.4, 0.5) is 5.69 Å². The Kier molecular flexibility index (Phi) is 9.16.